The van der Waals surface area contributed by atoms with Crippen molar-refractivity contribution in [2.75, 3.05) is 0 Å². The normalized spacial score (nSPS) is 14.1. The summed E-state index contributed by atoms with van der Waals surface area (Å²) in [5.41, 5.74) is 7.65. The lowest BCUT2D eigenvalue weighted by atomic mass is 9.67. The minimum Gasteiger partial charge on any atom is -0.423 e. The summed E-state index contributed by atoms with van der Waals surface area (Å²) >= 11 is 0. The molecule has 0 saturated carbocycles. The molecule has 4 nitrogen and oxygen atoms in total. The Balaban J connectivity index is 1.15. The third-order valence-corrected chi connectivity index (χ3v) is 10.1. The van der Waals surface area contributed by atoms with Crippen LogP contribution < -0.4 is 9.47 Å². The van der Waals surface area contributed by atoms with Crippen molar-refractivity contribution in [3.8, 4) is 22.6 Å². The van der Waals surface area contributed by atoms with Gasteiger partial charge in [-0.2, -0.15) is 0 Å². The average Bonchev–Trinajstić information content (AvgIpc) is 3.49. The minimum atomic E-state index is -0.598. The average molecular weight is 661 g/mol. The molecule has 0 unspecified atom stereocenters. The van der Waals surface area contributed by atoms with E-state index >= 15 is 0 Å². The molecular formula is C47H32O4. The first-order valence-electron chi connectivity index (χ1n) is 17.2. The Morgan fingerprint density at radius 3 is 1.57 bits per heavy atom. The molecule has 51 heavy (non-hydrogen) atoms. The molecule has 2 aliphatic carbocycles. The Bertz CT molecular complexity index is 2530. The summed E-state index contributed by atoms with van der Waals surface area (Å²) < 4.78 is 11.5. The van der Waals surface area contributed by atoms with Crippen molar-refractivity contribution >= 4 is 33.5 Å². The SMILES string of the molecule is O=C(Oc1ccc2cc(C3(c4ccc5cc(OC(=O)c6ccccc6)ccc5c4)c4ccccc4-c4ccccc43)ccc2c1)C1=CCCC=C1. The zero-order valence-corrected chi connectivity index (χ0v) is 27.7. The molecule has 244 valence electrons. The fraction of sp³-hybridized carbons (Fsp3) is 0.0638. The van der Waals surface area contributed by atoms with Gasteiger partial charge in [0.25, 0.3) is 0 Å². The molecule has 0 fully saturated rings. The molecule has 0 aliphatic heterocycles. The fourth-order valence-electron chi connectivity index (χ4n) is 7.74. The third-order valence-electron chi connectivity index (χ3n) is 10.1. The molecule has 7 aromatic carbocycles. The van der Waals surface area contributed by atoms with Crippen LogP contribution in [0, 0.1) is 0 Å². The molecule has 0 saturated heterocycles. The van der Waals surface area contributed by atoms with Gasteiger partial charge in [0.15, 0.2) is 0 Å². The van der Waals surface area contributed by atoms with E-state index < -0.39 is 5.41 Å². The topological polar surface area (TPSA) is 52.6 Å². The summed E-state index contributed by atoms with van der Waals surface area (Å²) in [5.74, 6) is 0.305. The van der Waals surface area contributed by atoms with Gasteiger partial charge in [-0.1, -0.05) is 121 Å². The molecule has 9 rings (SSSR count). The van der Waals surface area contributed by atoms with Crippen LogP contribution in [-0.2, 0) is 10.2 Å². The number of rotatable bonds is 6. The maximum atomic E-state index is 12.8. The summed E-state index contributed by atoms with van der Waals surface area (Å²) in [7, 11) is 0. The van der Waals surface area contributed by atoms with Crippen molar-refractivity contribution in [2.24, 2.45) is 0 Å². The number of carbonyl (C=O) groups is 2. The highest BCUT2D eigenvalue weighted by atomic mass is 16.5. The predicted octanol–water partition coefficient (Wildman–Crippen LogP) is 10.8. The highest BCUT2D eigenvalue weighted by Crippen LogP contribution is 2.56. The summed E-state index contributed by atoms with van der Waals surface area (Å²) in [6.07, 6.45) is 7.56. The second kappa shape index (κ2) is 12.4. The van der Waals surface area contributed by atoms with E-state index in [-0.39, 0.29) is 11.9 Å². The molecule has 0 spiro atoms. The standard InChI is InChI=1S/C47H32O4/c48-45(31-11-3-1-4-12-31)50-39-25-21-33-27-37(23-19-35(33)29-39)47(43-17-9-7-15-41(43)42-16-8-10-18-44(42)47)38-24-20-36-30-40(26-22-34(36)28-38)51-46(49)32-13-5-2-6-14-32/h1,3-5,7-30H,2,6H2. The zero-order chi connectivity index (χ0) is 34.4. The Morgan fingerprint density at radius 2 is 1.00 bits per heavy atom. The monoisotopic (exact) mass is 660 g/mol. The molecule has 0 atom stereocenters. The van der Waals surface area contributed by atoms with Crippen LogP contribution in [0.5, 0.6) is 11.5 Å². The van der Waals surface area contributed by atoms with Crippen LogP contribution in [0.15, 0.2) is 175 Å². The van der Waals surface area contributed by atoms with Crippen molar-refractivity contribution in [1.29, 1.82) is 0 Å². The first-order chi connectivity index (χ1) is 25.1. The van der Waals surface area contributed by atoms with Crippen LogP contribution in [0.4, 0.5) is 0 Å². The van der Waals surface area contributed by atoms with Crippen LogP contribution in [0.3, 0.4) is 0 Å². The van der Waals surface area contributed by atoms with Gasteiger partial charge in [-0.05, 0) is 116 Å². The number of allylic oxidation sites excluding steroid dienone is 2. The van der Waals surface area contributed by atoms with E-state index in [4.69, 9.17) is 9.47 Å². The molecule has 2 aliphatic rings. The highest BCUT2D eigenvalue weighted by Gasteiger charge is 2.46. The number of carbonyl (C=O) groups excluding carboxylic acids is 2. The first kappa shape index (κ1) is 30.5. The van der Waals surface area contributed by atoms with Gasteiger partial charge in [-0.25, -0.2) is 9.59 Å². The first-order valence-corrected chi connectivity index (χ1v) is 17.2. The number of fused-ring (bicyclic) bond motifs is 5. The van der Waals surface area contributed by atoms with E-state index in [0.717, 1.165) is 45.5 Å². The Morgan fingerprint density at radius 1 is 0.490 bits per heavy atom. The van der Waals surface area contributed by atoms with Crippen LogP contribution in [-0.4, -0.2) is 11.9 Å². The number of hydrogen-bond acceptors (Lipinski definition) is 4. The summed E-state index contributed by atoms with van der Waals surface area (Å²) in [6, 6.07) is 51.2. The second-order valence-electron chi connectivity index (χ2n) is 13.1. The van der Waals surface area contributed by atoms with Gasteiger partial charge >= 0.3 is 11.9 Å². The molecular weight excluding hydrogens is 629 g/mol. The highest BCUT2D eigenvalue weighted by molar-refractivity contribution is 5.96. The molecule has 0 aromatic heterocycles. The zero-order valence-electron chi connectivity index (χ0n) is 27.7. The molecule has 4 heteroatoms. The number of esters is 2. The van der Waals surface area contributed by atoms with Crippen molar-refractivity contribution in [3.63, 3.8) is 0 Å². The largest absolute Gasteiger partial charge is 0.423 e. The van der Waals surface area contributed by atoms with Gasteiger partial charge in [-0.15, -0.1) is 0 Å². The van der Waals surface area contributed by atoms with Gasteiger partial charge in [0.05, 0.1) is 16.6 Å². The van der Waals surface area contributed by atoms with Gasteiger partial charge in [0.2, 0.25) is 0 Å². The molecule has 0 N–H and O–H groups in total. The van der Waals surface area contributed by atoms with Crippen molar-refractivity contribution in [2.45, 2.75) is 18.3 Å². The molecule has 0 amide bonds. The number of hydrogen-bond donors (Lipinski definition) is 0. The quantitative estimate of drug-likeness (QED) is 0.132. The minimum absolute atomic E-state index is 0.335. The lowest BCUT2D eigenvalue weighted by Crippen LogP contribution is -2.28. The molecule has 0 heterocycles. The number of ether oxygens (including phenoxy) is 2. The van der Waals surface area contributed by atoms with E-state index in [9.17, 15) is 9.59 Å². The van der Waals surface area contributed by atoms with E-state index in [1.165, 1.54) is 22.3 Å². The molecule has 7 aromatic rings. The van der Waals surface area contributed by atoms with E-state index in [2.05, 4.69) is 84.9 Å². The lowest BCUT2D eigenvalue weighted by Gasteiger charge is -2.34. The lowest BCUT2D eigenvalue weighted by molar-refractivity contribution is -0.129. The third kappa shape index (κ3) is 5.24. The summed E-state index contributed by atoms with van der Waals surface area (Å²) in [6.45, 7) is 0. The Labute approximate surface area is 295 Å². The van der Waals surface area contributed by atoms with Crippen molar-refractivity contribution in [1.82, 2.24) is 0 Å². The van der Waals surface area contributed by atoms with Gasteiger partial charge in [-0.3, -0.25) is 0 Å². The van der Waals surface area contributed by atoms with Crippen LogP contribution in [0.25, 0.3) is 32.7 Å². The second-order valence-corrected chi connectivity index (χ2v) is 13.1. The van der Waals surface area contributed by atoms with E-state index in [0.29, 0.717) is 22.6 Å². The van der Waals surface area contributed by atoms with Crippen LogP contribution >= 0.6 is 0 Å². The summed E-state index contributed by atoms with van der Waals surface area (Å²) in [5, 5.41) is 4.06. The molecule has 0 bridgehead atoms. The molecule has 0 radical (unpaired) electrons. The maximum absolute atomic E-state index is 12.8. The van der Waals surface area contributed by atoms with E-state index in [1.807, 2.05) is 72.8 Å². The van der Waals surface area contributed by atoms with Crippen molar-refractivity contribution in [3.05, 3.63) is 203 Å². The Kier molecular flexibility index (Phi) is 7.44. The Hall–Kier alpha value is -6.52. The number of benzene rings is 7. The van der Waals surface area contributed by atoms with Crippen LogP contribution in [0.2, 0.25) is 0 Å². The summed E-state index contributed by atoms with van der Waals surface area (Å²) in [4.78, 5) is 25.6. The van der Waals surface area contributed by atoms with Crippen molar-refractivity contribution < 1.29 is 19.1 Å². The predicted molar refractivity (Wildman–Crippen MR) is 202 cm³/mol. The van der Waals surface area contributed by atoms with E-state index in [1.54, 1.807) is 12.1 Å². The maximum Gasteiger partial charge on any atom is 0.343 e. The van der Waals surface area contributed by atoms with Gasteiger partial charge in [0, 0.05) is 0 Å². The van der Waals surface area contributed by atoms with Gasteiger partial charge < -0.3 is 9.47 Å². The van der Waals surface area contributed by atoms with Crippen LogP contribution in [0.1, 0.15) is 45.5 Å². The smallest absolute Gasteiger partial charge is 0.343 e. The fourth-order valence-corrected chi connectivity index (χ4v) is 7.74. The van der Waals surface area contributed by atoms with Gasteiger partial charge in [0.1, 0.15) is 11.5 Å².